The van der Waals surface area contributed by atoms with E-state index in [9.17, 15) is 42.4 Å². The number of ketones is 2. The zero-order valence-electron chi connectivity index (χ0n) is 33.2. The number of likely N-dealkylation sites (tertiary alicyclic amines) is 1. The summed E-state index contributed by atoms with van der Waals surface area (Å²) < 4.78 is 66.2. The van der Waals surface area contributed by atoms with Crippen LogP contribution in [-0.4, -0.2) is 69.4 Å². The first-order chi connectivity index (χ1) is 29.2. The number of aromatic nitrogens is 2. The third-order valence-electron chi connectivity index (χ3n) is 11.8. The average molecular weight is 841 g/mol. The van der Waals surface area contributed by atoms with Crippen molar-refractivity contribution in [2.75, 3.05) is 32.9 Å². The second-order valence-electron chi connectivity index (χ2n) is 15.9. The first kappa shape index (κ1) is 41.8. The maximum atomic E-state index is 14.3. The van der Waals surface area contributed by atoms with Crippen molar-refractivity contribution >= 4 is 39.1 Å². The molecule has 1 fully saturated rings. The number of nitrogens with zero attached hydrogens (tertiary/aromatic N) is 2. The number of benzene rings is 4. The highest BCUT2D eigenvalue weighted by Crippen LogP contribution is 2.41. The number of carbonyl (C=O) groups is 2. The first-order valence-corrected chi connectivity index (χ1v) is 20.4. The molecular formula is C46H44F4N4O7. The average Bonchev–Trinajstić information content (AvgIpc) is 3.79. The number of rotatable bonds is 15. The number of aryl methyl sites for hydroxylation is 2. The largest absolute Gasteiger partial charge is 0.491 e. The lowest BCUT2D eigenvalue weighted by atomic mass is 9.88. The fourth-order valence-corrected chi connectivity index (χ4v) is 8.49. The molecule has 4 aromatic carbocycles. The van der Waals surface area contributed by atoms with Crippen molar-refractivity contribution in [3.05, 3.63) is 128 Å². The van der Waals surface area contributed by atoms with Gasteiger partial charge in [-0.15, -0.1) is 0 Å². The summed E-state index contributed by atoms with van der Waals surface area (Å²) in [4.78, 5) is 43.9. The van der Waals surface area contributed by atoms with Crippen LogP contribution in [0.3, 0.4) is 0 Å². The predicted octanol–water partition coefficient (Wildman–Crippen LogP) is 9.37. The smallest absolute Gasteiger partial charge is 0.423 e. The van der Waals surface area contributed by atoms with Gasteiger partial charge in [0.15, 0.2) is 5.78 Å². The summed E-state index contributed by atoms with van der Waals surface area (Å²) in [5.41, 5.74) is 2.73. The van der Waals surface area contributed by atoms with E-state index in [-0.39, 0.29) is 22.5 Å². The van der Waals surface area contributed by atoms with Crippen LogP contribution in [0.15, 0.2) is 78.9 Å². The zero-order valence-corrected chi connectivity index (χ0v) is 33.2. The lowest BCUT2D eigenvalue weighted by molar-refractivity contribution is -0.387. The minimum absolute atomic E-state index is 0.0314. The number of nitro groups is 1. The molecule has 0 radical (unpaired) electrons. The Morgan fingerprint density at radius 1 is 0.885 bits per heavy atom. The molecule has 1 saturated heterocycles. The Kier molecular flexibility index (Phi) is 11.8. The van der Waals surface area contributed by atoms with Gasteiger partial charge in [0.25, 0.3) is 5.69 Å². The molecule has 0 atom stereocenters. The number of aliphatic hydroxyl groups is 1. The number of H-pyrrole nitrogens is 2. The molecule has 15 heteroatoms. The van der Waals surface area contributed by atoms with E-state index in [1.807, 2.05) is 48.5 Å². The molecule has 3 N–H and O–H groups in total. The molecule has 0 bridgehead atoms. The third-order valence-corrected chi connectivity index (χ3v) is 11.8. The van der Waals surface area contributed by atoms with Gasteiger partial charge in [-0.2, -0.15) is 13.2 Å². The van der Waals surface area contributed by atoms with Crippen LogP contribution in [0.25, 0.3) is 33.1 Å². The van der Waals surface area contributed by atoms with E-state index >= 15 is 0 Å². The van der Waals surface area contributed by atoms with Crippen LogP contribution >= 0.6 is 0 Å². The van der Waals surface area contributed by atoms with Crippen LogP contribution < -0.4 is 4.74 Å². The molecule has 6 aromatic rings. The molecule has 1 aliphatic heterocycles. The number of nitro benzene ring substituents is 1. The number of nitrogens with one attached hydrogen (secondary N) is 2. The fourth-order valence-electron chi connectivity index (χ4n) is 8.49. The number of hydrogen-bond donors (Lipinski definition) is 3. The van der Waals surface area contributed by atoms with E-state index in [1.165, 1.54) is 18.2 Å². The quantitative estimate of drug-likeness (QED) is 0.0401. The highest BCUT2D eigenvalue weighted by Gasteiger charge is 2.40. The lowest BCUT2D eigenvalue weighted by Crippen LogP contribution is -2.42. The van der Waals surface area contributed by atoms with Crippen molar-refractivity contribution in [2.45, 2.75) is 69.7 Å². The van der Waals surface area contributed by atoms with Crippen molar-refractivity contribution < 1.29 is 46.7 Å². The Labute approximate surface area is 347 Å². The van der Waals surface area contributed by atoms with Crippen molar-refractivity contribution in [3.63, 3.8) is 0 Å². The van der Waals surface area contributed by atoms with Gasteiger partial charge in [-0.25, -0.2) is 4.39 Å². The van der Waals surface area contributed by atoms with Crippen LogP contribution in [0, 0.1) is 15.9 Å². The van der Waals surface area contributed by atoms with Gasteiger partial charge < -0.3 is 24.5 Å². The van der Waals surface area contributed by atoms with E-state index in [2.05, 4.69) is 14.9 Å². The summed E-state index contributed by atoms with van der Waals surface area (Å²) in [6.45, 7) is 2.59. The Morgan fingerprint density at radius 3 is 2.34 bits per heavy atom. The van der Waals surface area contributed by atoms with Gasteiger partial charge in [0, 0.05) is 83.7 Å². The molecule has 8 rings (SSSR count). The van der Waals surface area contributed by atoms with E-state index in [4.69, 9.17) is 9.47 Å². The maximum Gasteiger partial charge on any atom is 0.423 e. The van der Waals surface area contributed by atoms with E-state index in [1.54, 1.807) is 0 Å². The molecule has 61 heavy (non-hydrogen) atoms. The molecule has 0 saturated carbocycles. The number of halogens is 4. The van der Waals surface area contributed by atoms with E-state index < -0.39 is 33.8 Å². The topological polar surface area (TPSA) is 151 Å². The standard InChI is InChI=1S/C46H44F4N4O7/c47-32-24-36-41(56)3-1-2-35-43(36)39(25-32)52-44(35)30-9-4-28(5-10-30)6-11-33(55)14-19-60-20-21-61-34-12-7-29(8-13-34)27-53-17-15-45(57,16-18-53)42-23-31-22-40(54(58)59)37(46(48,49)50)26-38(31)51-42/h4-5,7-10,12-13,22-26,51-52,57H,1-3,6,11,14-21,27H2. The highest BCUT2D eigenvalue weighted by molar-refractivity contribution is 6.11. The first-order valence-electron chi connectivity index (χ1n) is 20.4. The summed E-state index contributed by atoms with van der Waals surface area (Å²) in [5.74, 6) is 0.308. The molecule has 2 aromatic heterocycles. The monoisotopic (exact) mass is 840 g/mol. The normalized spacial score (nSPS) is 15.7. The van der Waals surface area contributed by atoms with Crippen molar-refractivity contribution in [1.29, 1.82) is 0 Å². The van der Waals surface area contributed by atoms with Crippen LogP contribution in [0.4, 0.5) is 23.2 Å². The molecule has 318 valence electrons. The second-order valence-corrected chi connectivity index (χ2v) is 15.9. The maximum absolute atomic E-state index is 14.3. The SMILES string of the molecule is O=C(CCOCCOc1ccc(CN2CCC(O)(c3cc4cc([N+](=O)[O-])c(C(F)(F)F)cc4[nH]3)CC2)cc1)CCc1ccc(-c2[nH]c3cc(F)cc4c3c2CCCC4=O)cc1. The third kappa shape index (κ3) is 9.24. The lowest BCUT2D eigenvalue weighted by Gasteiger charge is -2.37. The predicted molar refractivity (Wildman–Crippen MR) is 220 cm³/mol. The Bertz CT molecular complexity index is 2590. The number of hydrogen-bond acceptors (Lipinski definition) is 8. The summed E-state index contributed by atoms with van der Waals surface area (Å²) in [5, 5.41) is 23.8. The number of carbonyl (C=O) groups excluding carboxylic acids is 2. The number of piperidine rings is 1. The fraction of sp³-hybridized carbons (Fsp3) is 0.348. The summed E-state index contributed by atoms with van der Waals surface area (Å²) in [6, 6.07) is 21.5. The summed E-state index contributed by atoms with van der Waals surface area (Å²) in [6.07, 6.45) is -1.13. The molecule has 0 amide bonds. The van der Waals surface area contributed by atoms with Crippen molar-refractivity contribution in [2.24, 2.45) is 0 Å². The minimum atomic E-state index is -4.90. The zero-order chi connectivity index (χ0) is 42.9. The van der Waals surface area contributed by atoms with Crippen molar-refractivity contribution in [3.8, 4) is 17.0 Å². The van der Waals surface area contributed by atoms with E-state index in [0.29, 0.717) is 107 Å². The molecule has 1 aliphatic carbocycles. The molecule has 11 nitrogen and oxygen atoms in total. The molecule has 0 spiro atoms. The Morgan fingerprint density at radius 2 is 1.62 bits per heavy atom. The molecule has 3 heterocycles. The van der Waals surface area contributed by atoms with Gasteiger partial charge in [0.2, 0.25) is 0 Å². The summed E-state index contributed by atoms with van der Waals surface area (Å²) in [7, 11) is 0. The summed E-state index contributed by atoms with van der Waals surface area (Å²) >= 11 is 0. The van der Waals surface area contributed by atoms with E-state index in [0.717, 1.165) is 51.9 Å². The number of alkyl halides is 3. The molecule has 0 unspecified atom stereocenters. The number of ether oxygens (including phenoxy) is 2. The Hall–Kier alpha value is -5.90. The van der Waals surface area contributed by atoms with Crippen molar-refractivity contribution in [1.82, 2.24) is 14.9 Å². The van der Waals surface area contributed by atoms with Gasteiger partial charge in [-0.05, 0) is 90.8 Å². The van der Waals surface area contributed by atoms with Gasteiger partial charge in [-0.3, -0.25) is 24.6 Å². The number of Topliss-reactive ketones (excluding diaryl/α,β-unsaturated/α-hetero) is 2. The van der Waals surface area contributed by atoms with Gasteiger partial charge in [-0.1, -0.05) is 36.4 Å². The van der Waals surface area contributed by atoms with Gasteiger partial charge in [0.05, 0.1) is 18.1 Å². The van der Waals surface area contributed by atoms with Gasteiger partial charge in [0.1, 0.15) is 35.1 Å². The molecular weight excluding hydrogens is 797 g/mol. The molecule has 2 aliphatic rings. The Balaban J connectivity index is 0.733. The van der Waals surface area contributed by atoms with Crippen LogP contribution in [0.5, 0.6) is 5.75 Å². The van der Waals surface area contributed by atoms with Crippen LogP contribution in [-0.2, 0) is 40.7 Å². The number of aromatic amines is 2. The second kappa shape index (κ2) is 17.2. The highest BCUT2D eigenvalue weighted by atomic mass is 19.4. The van der Waals surface area contributed by atoms with Gasteiger partial charge >= 0.3 is 6.18 Å². The minimum Gasteiger partial charge on any atom is -0.491 e. The van der Waals surface area contributed by atoms with Crippen LogP contribution in [0.1, 0.15) is 76.8 Å². The number of fused-ring (bicyclic) bond motifs is 1. The van der Waals surface area contributed by atoms with Crippen LogP contribution in [0.2, 0.25) is 0 Å².